The normalized spacial score (nSPS) is 10.9. The van der Waals surface area contributed by atoms with Gasteiger partial charge in [-0.05, 0) is 24.6 Å². The van der Waals surface area contributed by atoms with E-state index in [4.69, 9.17) is 5.11 Å². The molecule has 0 fully saturated rings. The molecule has 1 heterocycles. The summed E-state index contributed by atoms with van der Waals surface area (Å²) in [4.78, 5) is 15.7. The average Bonchev–Trinajstić information content (AvgIpc) is 2.86. The van der Waals surface area contributed by atoms with Gasteiger partial charge in [-0.3, -0.25) is 0 Å². The number of imidazole rings is 1. The predicted octanol–water partition coefficient (Wildman–Crippen LogP) is 3.81. The fraction of sp³-hybridized carbons (Fsp3) is 0.176. The average molecular weight is 280 g/mol. The van der Waals surface area contributed by atoms with E-state index >= 15 is 0 Å². The molecule has 0 aliphatic rings. The van der Waals surface area contributed by atoms with Crippen molar-refractivity contribution < 1.29 is 9.90 Å². The van der Waals surface area contributed by atoms with Crippen molar-refractivity contribution in [3.63, 3.8) is 0 Å². The van der Waals surface area contributed by atoms with Crippen molar-refractivity contribution in [3.8, 4) is 11.4 Å². The Morgan fingerprint density at radius 3 is 2.62 bits per heavy atom. The quantitative estimate of drug-likeness (QED) is 0.790. The van der Waals surface area contributed by atoms with Gasteiger partial charge in [0.1, 0.15) is 5.82 Å². The Hall–Kier alpha value is -2.62. The molecule has 0 saturated carbocycles. The van der Waals surface area contributed by atoms with Crippen LogP contribution in [0.2, 0.25) is 0 Å². The predicted molar refractivity (Wildman–Crippen MR) is 82.4 cm³/mol. The van der Waals surface area contributed by atoms with Gasteiger partial charge >= 0.3 is 5.97 Å². The molecule has 0 saturated heterocycles. The van der Waals surface area contributed by atoms with Gasteiger partial charge in [-0.1, -0.05) is 37.3 Å². The summed E-state index contributed by atoms with van der Waals surface area (Å²) in [6.45, 7) is 2.97. The number of aromatic carboxylic acids is 1. The standard InChI is InChI=1S/C17H16N2O2/c1-2-10-19-15-9-8-13(17(20)21)11-14(15)18-16(19)12-6-4-3-5-7-12/h3-9,11H,2,10H2,1H3,(H,20,21). The summed E-state index contributed by atoms with van der Waals surface area (Å²) in [5.41, 5.74) is 3.00. The summed E-state index contributed by atoms with van der Waals surface area (Å²) >= 11 is 0. The molecule has 0 radical (unpaired) electrons. The van der Waals surface area contributed by atoms with Crippen LogP contribution in [0, 0.1) is 0 Å². The summed E-state index contributed by atoms with van der Waals surface area (Å²) in [5, 5.41) is 9.11. The van der Waals surface area contributed by atoms with Crippen molar-refractivity contribution in [2.45, 2.75) is 19.9 Å². The Kier molecular flexibility index (Phi) is 3.44. The number of rotatable bonds is 4. The summed E-state index contributed by atoms with van der Waals surface area (Å²) in [6.07, 6.45) is 0.992. The Morgan fingerprint density at radius 1 is 1.19 bits per heavy atom. The zero-order valence-corrected chi connectivity index (χ0v) is 11.8. The maximum Gasteiger partial charge on any atom is 0.335 e. The van der Waals surface area contributed by atoms with E-state index < -0.39 is 5.97 Å². The number of fused-ring (bicyclic) bond motifs is 1. The molecule has 1 N–H and O–H groups in total. The van der Waals surface area contributed by atoms with Crippen molar-refractivity contribution in [1.29, 1.82) is 0 Å². The number of hydrogen-bond acceptors (Lipinski definition) is 2. The van der Waals surface area contributed by atoms with Crippen LogP contribution in [0.5, 0.6) is 0 Å². The third-order valence-corrected chi connectivity index (χ3v) is 3.47. The smallest absolute Gasteiger partial charge is 0.335 e. The minimum Gasteiger partial charge on any atom is -0.478 e. The molecule has 21 heavy (non-hydrogen) atoms. The number of carboxylic acids is 1. The minimum absolute atomic E-state index is 0.267. The number of carbonyl (C=O) groups is 1. The molecule has 3 rings (SSSR count). The molecule has 4 nitrogen and oxygen atoms in total. The summed E-state index contributed by atoms with van der Waals surface area (Å²) in [7, 11) is 0. The molecule has 2 aromatic carbocycles. The molecule has 0 unspecified atom stereocenters. The Balaban J connectivity index is 2.23. The molecule has 0 aliphatic heterocycles. The second-order valence-corrected chi connectivity index (χ2v) is 4.96. The van der Waals surface area contributed by atoms with E-state index in [0.29, 0.717) is 0 Å². The maximum absolute atomic E-state index is 11.1. The van der Waals surface area contributed by atoms with Gasteiger partial charge in [0.2, 0.25) is 0 Å². The molecule has 106 valence electrons. The molecular weight excluding hydrogens is 264 g/mol. The molecular formula is C17H16N2O2. The van der Waals surface area contributed by atoms with Crippen LogP contribution in [-0.4, -0.2) is 20.6 Å². The lowest BCUT2D eigenvalue weighted by Gasteiger charge is -2.07. The SMILES string of the molecule is CCCn1c(-c2ccccc2)nc2cc(C(=O)O)ccc21. The van der Waals surface area contributed by atoms with Crippen LogP contribution in [0.25, 0.3) is 22.4 Å². The first-order valence-corrected chi connectivity index (χ1v) is 6.99. The lowest BCUT2D eigenvalue weighted by molar-refractivity contribution is 0.0697. The number of benzene rings is 2. The number of hydrogen-bond donors (Lipinski definition) is 1. The monoisotopic (exact) mass is 280 g/mol. The highest BCUT2D eigenvalue weighted by Gasteiger charge is 2.13. The highest BCUT2D eigenvalue weighted by Crippen LogP contribution is 2.25. The third-order valence-electron chi connectivity index (χ3n) is 3.47. The second-order valence-electron chi connectivity index (χ2n) is 4.96. The van der Waals surface area contributed by atoms with E-state index in [1.165, 1.54) is 0 Å². The molecule has 0 aliphatic carbocycles. The second kappa shape index (κ2) is 5.40. The van der Waals surface area contributed by atoms with E-state index in [1.54, 1.807) is 12.1 Å². The molecule has 1 aromatic heterocycles. The highest BCUT2D eigenvalue weighted by atomic mass is 16.4. The lowest BCUT2D eigenvalue weighted by atomic mass is 10.2. The maximum atomic E-state index is 11.1. The van der Waals surface area contributed by atoms with E-state index in [0.717, 1.165) is 35.4 Å². The van der Waals surface area contributed by atoms with Gasteiger partial charge in [0.05, 0.1) is 16.6 Å². The van der Waals surface area contributed by atoms with Crippen LogP contribution in [-0.2, 0) is 6.54 Å². The van der Waals surface area contributed by atoms with E-state index in [2.05, 4.69) is 16.5 Å². The van der Waals surface area contributed by atoms with Gasteiger partial charge in [-0.15, -0.1) is 0 Å². The van der Waals surface area contributed by atoms with Crippen LogP contribution >= 0.6 is 0 Å². The number of carboxylic acid groups (broad SMARTS) is 1. The third kappa shape index (κ3) is 2.40. The largest absolute Gasteiger partial charge is 0.478 e. The fourth-order valence-electron chi connectivity index (χ4n) is 2.52. The first-order valence-electron chi connectivity index (χ1n) is 6.99. The zero-order chi connectivity index (χ0) is 14.8. The molecule has 4 heteroatoms. The fourth-order valence-corrected chi connectivity index (χ4v) is 2.52. The lowest BCUT2D eigenvalue weighted by Crippen LogP contribution is -2.00. The number of aryl methyl sites for hydroxylation is 1. The van der Waals surface area contributed by atoms with Crippen LogP contribution < -0.4 is 0 Å². The number of nitrogens with zero attached hydrogens (tertiary/aromatic N) is 2. The summed E-state index contributed by atoms with van der Waals surface area (Å²) in [5.74, 6) is -0.0433. The van der Waals surface area contributed by atoms with Gasteiger partial charge in [0.15, 0.2) is 0 Å². The van der Waals surface area contributed by atoms with Crippen molar-refractivity contribution in [1.82, 2.24) is 9.55 Å². The van der Waals surface area contributed by atoms with Crippen molar-refractivity contribution in [2.24, 2.45) is 0 Å². The molecule has 0 bridgehead atoms. The van der Waals surface area contributed by atoms with Crippen LogP contribution in [0.15, 0.2) is 48.5 Å². The molecule has 0 amide bonds. The van der Waals surface area contributed by atoms with Crippen LogP contribution in [0.3, 0.4) is 0 Å². The Labute approximate surface area is 122 Å². The van der Waals surface area contributed by atoms with Crippen molar-refractivity contribution in [2.75, 3.05) is 0 Å². The zero-order valence-electron chi connectivity index (χ0n) is 11.8. The molecule has 0 atom stereocenters. The Bertz CT molecular complexity index is 791. The number of aromatic nitrogens is 2. The minimum atomic E-state index is -0.928. The van der Waals surface area contributed by atoms with Gasteiger partial charge in [0.25, 0.3) is 0 Å². The van der Waals surface area contributed by atoms with Crippen molar-refractivity contribution >= 4 is 17.0 Å². The summed E-state index contributed by atoms with van der Waals surface area (Å²) in [6, 6.07) is 15.1. The van der Waals surface area contributed by atoms with Gasteiger partial charge < -0.3 is 9.67 Å². The van der Waals surface area contributed by atoms with Gasteiger partial charge in [-0.2, -0.15) is 0 Å². The molecule has 3 aromatic rings. The Morgan fingerprint density at radius 2 is 1.95 bits per heavy atom. The van der Waals surface area contributed by atoms with E-state index in [-0.39, 0.29) is 5.56 Å². The van der Waals surface area contributed by atoms with Crippen LogP contribution in [0.4, 0.5) is 0 Å². The van der Waals surface area contributed by atoms with Gasteiger partial charge in [-0.25, -0.2) is 9.78 Å². The van der Waals surface area contributed by atoms with E-state index in [9.17, 15) is 4.79 Å². The highest BCUT2D eigenvalue weighted by molar-refractivity contribution is 5.93. The molecule has 0 spiro atoms. The van der Waals surface area contributed by atoms with Crippen molar-refractivity contribution in [3.05, 3.63) is 54.1 Å². The van der Waals surface area contributed by atoms with Crippen LogP contribution in [0.1, 0.15) is 23.7 Å². The first kappa shape index (κ1) is 13.4. The summed E-state index contributed by atoms with van der Waals surface area (Å²) < 4.78 is 2.15. The van der Waals surface area contributed by atoms with Gasteiger partial charge in [0, 0.05) is 12.1 Å². The topological polar surface area (TPSA) is 55.1 Å². The van der Waals surface area contributed by atoms with E-state index in [1.807, 2.05) is 36.4 Å². The first-order chi connectivity index (χ1) is 10.2.